The van der Waals surface area contributed by atoms with Gasteiger partial charge in [0.1, 0.15) is 0 Å². The summed E-state index contributed by atoms with van der Waals surface area (Å²) in [5, 5.41) is 3.53. The van der Waals surface area contributed by atoms with E-state index >= 15 is 0 Å². The minimum Gasteiger partial charge on any atom is -0.356 e. The van der Waals surface area contributed by atoms with Crippen molar-refractivity contribution in [2.75, 3.05) is 10.2 Å². The smallest absolute Gasteiger partial charge is 0.0463 e. The Morgan fingerprint density at radius 3 is 1.41 bits per heavy atom. The summed E-state index contributed by atoms with van der Waals surface area (Å²) in [5.74, 6) is 0. The second kappa shape index (κ2) is 10.2. The van der Waals surface area contributed by atoms with Gasteiger partial charge in [0.15, 0.2) is 0 Å². The summed E-state index contributed by atoms with van der Waals surface area (Å²) in [6.45, 7) is 6.48. The summed E-state index contributed by atoms with van der Waals surface area (Å²) in [4.78, 5) is 2.30. The first-order valence-corrected chi connectivity index (χ1v) is 11.5. The molecule has 4 aromatic rings. The molecule has 0 saturated carbocycles. The number of anilines is 5. The molecule has 0 fully saturated rings. The van der Waals surface area contributed by atoms with Crippen molar-refractivity contribution >= 4 is 28.4 Å². The highest BCUT2D eigenvalue weighted by Gasteiger charge is 2.12. The third-order valence-corrected chi connectivity index (χ3v) is 5.77. The minimum atomic E-state index is 1.09. The Balaban J connectivity index is 1.56. The first kappa shape index (κ1) is 21.7. The van der Waals surface area contributed by atoms with E-state index in [0.717, 1.165) is 34.9 Å². The molecule has 0 heterocycles. The van der Waals surface area contributed by atoms with E-state index in [1.165, 1.54) is 29.5 Å². The van der Waals surface area contributed by atoms with Crippen LogP contribution in [0.3, 0.4) is 0 Å². The molecule has 0 amide bonds. The molecule has 2 heteroatoms. The van der Waals surface area contributed by atoms with Crippen molar-refractivity contribution in [2.24, 2.45) is 0 Å². The molecule has 0 spiro atoms. The normalized spacial score (nSPS) is 10.7. The van der Waals surface area contributed by atoms with Gasteiger partial charge in [-0.2, -0.15) is 0 Å². The summed E-state index contributed by atoms with van der Waals surface area (Å²) >= 11 is 0. The van der Waals surface area contributed by atoms with Gasteiger partial charge >= 0.3 is 0 Å². The number of nitrogens with one attached hydrogen (secondary N) is 1. The molecule has 162 valence electrons. The van der Waals surface area contributed by atoms with Crippen molar-refractivity contribution in [3.8, 4) is 0 Å². The molecule has 0 atom stereocenters. The van der Waals surface area contributed by atoms with Crippen molar-refractivity contribution < 1.29 is 0 Å². The Morgan fingerprint density at radius 2 is 0.969 bits per heavy atom. The number of unbranched alkanes of at least 4 members (excludes halogenated alkanes) is 1. The van der Waals surface area contributed by atoms with Crippen molar-refractivity contribution in [1.29, 1.82) is 0 Å². The molecule has 4 rings (SSSR count). The Bertz CT molecular complexity index is 1060. The summed E-state index contributed by atoms with van der Waals surface area (Å²) in [6, 6.07) is 34.8. The molecule has 32 heavy (non-hydrogen) atoms. The standard InChI is InChI=1S/C30H32N2/c1-4-5-6-25-11-13-26(14-12-25)31-27-15-21-30(22-16-27)32(28-17-7-23(2)8-18-28)29-19-9-24(3)10-20-29/h7-22,31H,4-6H2,1-3H3. The lowest BCUT2D eigenvalue weighted by atomic mass is 10.1. The van der Waals surface area contributed by atoms with Gasteiger partial charge in [0.05, 0.1) is 0 Å². The summed E-state index contributed by atoms with van der Waals surface area (Å²) in [6.07, 6.45) is 3.63. The molecule has 0 aliphatic carbocycles. The maximum atomic E-state index is 3.53. The largest absolute Gasteiger partial charge is 0.356 e. The minimum absolute atomic E-state index is 1.09. The Labute approximate surface area is 192 Å². The van der Waals surface area contributed by atoms with Gasteiger partial charge in [-0.15, -0.1) is 0 Å². The second-order valence-corrected chi connectivity index (χ2v) is 8.48. The number of nitrogens with zero attached hydrogens (tertiary/aromatic N) is 1. The lowest BCUT2D eigenvalue weighted by Gasteiger charge is -2.26. The quantitative estimate of drug-likeness (QED) is 0.306. The van der Waals surface area contributed by atoms with Crippen LogP contribution in [0.25, 0.3) is 0 Å². The van der Waals surface area contributed by atoms with Crippen molar-refractivity contribution in [2.45, 2.75) is 40.0 Å². The van der Waals surface area contributed by atoms with Gasteiger partial charge in [0.25, 0.3) is 0 Å². The predicted octanol–water partition coefficient (Wildman–Crippen LogP) is 8.86. The van der Waals surface area contributed by atoms with Gasteiger partial charge in [-0.25, -0.2) is 0 Å². The lowest BCUT2D eigenvalue weighted by Crippen LogP contribution is -2.09. The molecule has 0 bridgehead atoms. The average molecular weight is 421 g/mol. The van der Waals surface area contributed by atoms with E-state index in [1.807, 2.05) is 0 Å². The molecule has 0 aromatic heterocycles. The van der Waals surface area contributed by atoms with E-state index in [-0.39, 0.29) is 0 Å². The van der Waals surface area contributed by atoms with E-state index in [2.05, 4.69) is 128 Å². The highest BCUT2D eigenvalue weighted by Crippen LogP contribution is 2.35. The molecule has 4 aromatic carbocycles. The molecule has 0 aliphatic heterocycles. The average Bonchev–Trinajstić information content (AvgIpc) is 2.82. The van der Waals surface area contributed by atoms with Crippen LogP contribution in [0.5, 0.6) is 0 Å². The van der Waals surface area contributed by atoms with E-state index in [9.17, 15) is 0 Å². The second-order valence-electron chi connectivity index (χ2n) is 8.48. The summed E-state index contributed by atoms with van der Waals surface area (Å²) in [7, 11) is 0. The van der Waals surface area contributed by atoms with Crippen LogP contribution in [0.15, 0.2) is 97.1 Å². The van der Waals surface area contributed by atoms with E-state index < -0.39 is 0 Å². The zero-order valence-corrected chi connectivity index (χ0v) is 19.3. The highest BCUT2D eigenvalue weighted by atomic mass is 15.1. The number of aryl methyl sites for hydroxylation is 3. The van der Waals surface area contributed by atoms with Crippen LogP contribution in [0.2, 0.25) is 0 Å². The fourth-order valence-electron chi connectivity index (χ4n) is 3.83. The monoisotopic (exact) mass is 420 g/mol. The first-order chi connectivity index (χ1) is 15.6. The summed E-state index contributed by atoms with van der Waals surface area (Å²) in [5.41, 5.74) is 9.58. The Morgan fingerprint density at radius 1 is 0.562 bits per heavy atom. The third-order valence-electron chi connectivity index (χ3n) is 5.77. The SMILES string of the molecule is CCCCc1ccc(Nc2ccc(N(c3ccc(C)cc3)c3ccc(C)cc3)cc2)cc1. The first-order valence-electron chi connectivity index (χ1n) is 11.5. The number of hydrogen-bond acceptors (Lipinski definition) is 2. The van der Waals surface area contributed by atoms with Crippen LogP contribution >= 0.6 is 0 Å². The highest BCUT2D eigenvalue weighted by molar-refractivity contribution is 5.78. The van der Waals surface area contributed by atoms with Gasteiger partial charge in [0, 0.05) is 28.4 Å². The fraction of sp³-hybridized carbons (Fsp3) is 0.200. The Kier molecular flexibility index (Phi) is 6.91. The van der Waals surface area contributed by atoms with E-state index in [1.54, 1.807) is 0 Å². The van der Waals surface area contributed by atoms with Gasteiger partial charge in [-0.05, 0) is 92.9 Å². The molecular weight excluding hydrogens is 388 g/mol. The number of hydrogen-bond donors (Lipinski definition) is 1. The maximum Gasteiger partial charge on any atom is 0.0463 e. The Hall–Kier alpha value is -3.52. The van der Waals surface area contributed by atoms with Crippen LogP contribution in [-0.2, 0) is 6.42 Å². The van der Waals surface area contributed by atoms with Crippen LogP contribution < -0.4 is 10.2 Å². The predicted molar refractivity (Wildman–Crippen MR) is 139 cm³/mol. The molecule has 0 aliphatic rings. The van der Waals surface area contributed by atoms with Crippen LogP contribution in [-0.4, -0.2) is 0 Å². The fourth-order valence-corrected chi connectivity index (χ4v) is 3.83. The lowest BCUT2D eigenvalue weighted by molar-refractivity contribution is 0.795. The van der Waals surface area contributed by atoms with Gasteiger partial charge < -0.3 is 10.2 Å². The van der Waals surface area contributed by atoms with Crippen molar-refractivity contribution in [1.82, 2.24) is 0 Å². The van der Waals surface area contributed by atoms with Gasteiger partial charge in [-0.1, -0.05) is 60.9 Å². The van der Waals surface area contributed by atoms with Crippen molar-refractivity contribution in [3.05, 3.63) is 114 Å². The zero-order chi connectivity index (χ0) is 22.3. The van der Waals surface area contributed by atoms with E-state index in [4.69, 9.17) is 0 Å². The molecule has 0 radical (unpaired) electrons. The van der Waals surface area contributed by atoms with Crippen LogP contribution in [0.4, 0.5) is 28.4 Å². The van der Waals surface area contributed by atoms with Crippen molar-refractivity contribution in [3.63, 3.8) is 0 Å². The summed E-state index contributed by atoms with van der Waals surface area (Å²) < 4.78 is 0. The topological polar surface area (TPSA) is 15.3 Å². The van der Waals surface area contributed by atoms with Gasteiger partial charge in [0.2, 0.25) is 0 Å². The molecule has 0 saturated heterocycles. The molecule has 1 N–H and O–H groups in total. The van der Waals surface area contributed by atoms with Gasteiger partial charge in [-0.3, -0.25) is 0 Å². The zero-order valence-electron chi connectivity index (χ0n) is 19.3. The molecule has 2 nitrogen and oxygen atoms in total. The maximum absolute atomic E-state index is 3.53. The van der Waals surface area contributed by atoms with Crippen LogP contribution in [0.1, 0.15) is 36.5 Å². The molecule has 0 unspecified atom stereocenters. The van der Waals surface area contributed by atoms with Crippen LogP contribution in [0, 0.1) is 13.8 Å². The number of benzene rings is 4. The van der Waals surface area contributed by atoms with E-state index in [0.29, 0.717) is 0 Å². The third kappa shape index (κ3) is 5.39. The number of rotatable bonds is 8. The molecular formula is C30H32N2.